The first-order valence-electron chi connectivity index (χ1n) is 11.1. The Hall–Kier alpha value is -2.25. The van der Waals surface area contributed by atoms with Gasteiger partial charge in [0.2, 0.25) is 0 Å². The number of sulfone groups is 1. The van der Waals surface area contributed by atoms with Crippen LogP contribution in [-0.2, 0) is 32.8 Å². The average Bonchev–Trinajstić information content (AvgIpc) is 3.67. The van der Waals surface area contributed by atoms with E-state index in [1.165, 1.54) is 0 Å². The summed E-state index contributed by atoms with van der Waals surface area (Å²) in [6, 6.07) is 7.38. The molecule has 0 N–H and O–H groups in total. The molecule has 0 spiro atoms. The van der Waals surface area contributed by atoms with E-state index in [1.807, 2.05) is 37.5 Å². The molecule has 7 heteroatoms. The van der Waals surface area contributed by atoms with Gasteiger partial charge in [-0.05, 0) is 67.3 Å². The number of carbonyl (C=O) groups is 1. The molecule has 1 unspecified atom stereocenters. The van der Waals surface area contributed by atoms with Crippen molar-refractivity contribution in [2.24, 2.45) is 13.0 Å². The topological polar surface area (TPSA) is 78.3 Å². The summed E-state index contributed by atoms with van der Waals surface area (Å²) >= 11 is 0. The smallest absolute Gasteiger partial charge is 0.181 e. The summed E-state index contributed by atoms with van der Waals surface area (Å²) in [5, 5.41) is 4.12. The summed E-state index contributed by atoms with van der Waals surface area (Å²) < 4.78 is 33.2. The van der Waals surface area contributed by atoms with E-state index in [0.717, 1.165) is 48.9 Å². The van der Waals surface area contributed by atoms with Crippen molar-refractivity contribution in [3.8, 4) is 0 Å². The second kappa shape index (κ2) is 8.02. The highest BCUT2D eigenvalue weighted by Crippen LogP contribution is 2.46. The molecule has 164 valence electrons. The second-order valence-corrected chi connectivity index (χ2v) is 11.3. The summed E-state index contributed by atoms with van der Waals surface area (Å²) in [6.07, 6.45) is 8.50. The quantitative estimate of drug-likeness (QED) is 0.588. The van der Waals surface area contributed by atoms with Crippen molar-refractivity contribution in [1.82, 2.24) is 9.78 Å². The van der Waals surface area contributed by atoms with Gasteiger partial charge in [0.05, 0.1) is 28.9 Å². The monoisotopic (exact) mass is 440 g/mol. The van der Waals surface area contributed by atoms with E-state index >= 15 is 0 Å². The number of aromatic nitrogens is 2. The Kier molecular flexibility index (Phi) is 5.34. The van der Waals surface area contributed by atoms with E-state index in [0.29, 0.717) is 23.7 Å². The van der Waals surface area contributed by atoms with Gasteiger partial charge in [0, 0.05) is 31.3 Å². The third-order valence-corrected chi connectivity index (χ3v) is 8.72. The standard InChI is InChI=1S/C24H28N2O4S/c1-26-10-8-19(25-26)14-23(27)21(12-16-9-11-30-15-16)18-4-7-24(22(13-18)17-2-3-17)31(28,29)20-5-6-20/h4,7-8,10,12-13,16-17,20H,2-3,5-6,9,11,14-15H2,1H3/b21-12+. The molecule has 2 aromatic rings. The maximum Gasteiger partial charge on any atom is 0.181 e. The van der Waals surface area contributed by atoms with Crippen LogP contribution in [0.2, 0.25) is 0 Å². The van der Waals surface area contributed by atoms with E-state index in [1.54, 1.807) is 10.7 Å². The molecule has 6 nitrogen and oxygen atoms in total. The molecule has 1 aliphatic heterocycles. The van der Waals surface area contributed by atoms with Crippen molar-refractivity contribution in [3.63, 3.8) is 0 Å². The van der Waals surface area contributed by atoms with Crippen molar-refractivity contribution in [3.05, 3.63) is 53.4 Å². The fourth-order valence-electron chi connectivity index (χ4n) is 4.33. The first kappa shape index (κ1) is 20.6. The molecule has 1 atom stereocenters. The number of benzene rings is 1. The summed E-state index contributed by atoms with van der Waals surface area (Å²) in [6.45, 7) is 1.32. The number of nitrogens with zero attached hydrogens (tertiary/aromatic N) is 2. The van der Waals surface area contributed by atoms with Crippen molar-refractivity contribution in [1.29, 1.82) is 0 Å². The molecule has 3 fully saturated rings. The van der Waals surface area contributed by atoms with Crippen LogP contribution in [0, 0.1) is 5.92 Å². The van der Waals surface area contributed by atoms with Crippen LogP contribution in [0.5, 0.6) is 0 Å². The fraction of sp³-hybridized carbons (Fsp3) is 0.500. The highest BCUT2D eigenvalue weighted by atomic mass is 32.2. The third-order valence-electron chi connectivity index (χ3n) is 6.39. The van der Waals surface area contributed by atoms with Gasteiger partial charge in [-0.15, -0.1) is 0 Å². The Morgan fingerprint density at radius 3 is 2.61 bits per heavy atom. The molecule has 0 radical (unpaired) electrons. The van der Waals surface area contributed by atoms with Crippen LogP contribution in [0.3, 0.4) is 0 Å². The highest BCUT2D eigenvalue weighted by Gasteiger charge is 2.40. The van der Waals surface area contributed by atoms with Gasteiger partial charge < -0.3 is 4.74 Å². The van der Waals surface area contributed by atoms with Crippen LogP contribution in [0.15, 0.2) is 41.4 Å². The first-order chi connectivity index (χ1) is 14.9. The molecule has 31 heavy (non-hydrogen) atoms. The Morgan fingerprint density at radius 2 is 2.00 bits per heavy atom. The van der Waals surface area contributed by atoms with Gasteiger partial charge in [-0.3, -0.25) is 9.48 Å². The number of hydrogen-bond donors (Lipinski definition) is 0. The van der Waals surface area contributed by atoms with Gasteiger partial charge in [0.25, 0.3) is 0 Å². The number of ketones is 1. The zero-order valence-corrected chi connectivity index (χ0v) is 18.6. The molecule has 1 aromatic carbocycles. The Balaban J connectivity index is 1.52. The molecule has 2 heterocycles. The molecule has 2 aliphatic carbocycles. The molecule has 5 rings (SSSR count). The van der Waals surface area contributed by atoms with Crippen molar-refractivity contribution < 1.29 is 17.9 Å². The zero-order chi connectivity index (χ0) is 21.6. The maximum atomic E-state index is 13.3. The van der Waals surface area contributed by atoms with Gasteiger partial charge in [-0.1, -0.05) is 12.1 Å². The number of rotatable bonds is 8. The van der Waals surface area contributed by atoms with Crippen LogP contribution in [-0.4, -0.2) is 42.4 Å². The number of hydrogen-bond acceptors (Lipinski definition) is 5. The van der Waals surface area contributed by atoms with E-state index < -0.39 is 9.84 Å². The van der Waals surface area contributed by atoms with Crippen molar-refractivity contribution in [2.75, 3.05) is 13.2 Å². The summed E-state index contributed by atoms with van der Waals surface area (Å²) in [5.74, 6) is 0.484. The van der Waals surface area contributed by atoms with Gasteiger partial charge in [0.15, 0.2) is 15.6 Å². The van der Waals surface area contributed by atoms with E-state index in [9.17, 15) is 13.2 Å². The fourth-order valence-corrected chi connectivity index (χ4v) is 6.26. The second-order valence-electron chi connectivity index (χ2n) is 9.06. The Morgan fingerprint density at radius 1 is 1.19 bits per heavy atom. The van der Waals surface area contributed by atoms with Gasteiger partial charge in [-0.25, -0.2) is 8.42 Å². The maximum absolute atomic E-state index is 13.3. The lowest BCUT2D eigenvalue weighted by atomic mass is 9.92. The molecule has 0 amide bonds. The van der Waals surface area contributed by atoms with Crippen molar-refractivity contribution in [2.45, 2.75) is 54.6 Å². The minimum Gasteiger partial charge on any atom is -0.381 e. The average molecular weight is 441 g/mol. The normalized spacial score (nSPS) is 22.1. The number of allylic oxidation sites excluding steroid dienone is 1. The third kappa shape index (κ3) is 4.39. The zero-order valence-electron chi connectivity index (χ0n) is 17.8. The van der Waals surface area contributed by atoms with Crippen molar-refractivity contribution >= 4 is 21.2 Å². The van der Waals surface area contributed by atoms with Gasteiger partial charge in [0.1, 0.15) is 0 Å². The van der Waals surface area contributed by atoms with E-state index in [4.69, 9.17) is 4.74 Å². The Bertz CT molecular complexity index is 1130. The highest BCUT2D eigenvalue weighted by molar-refractivity contribution is 7.92. The predicted molar refractivity (Wildman–Crippen MR) is 117 cm³/mol. The molecule has 2 saturated carbocycles. The number of ether oxygens (including phenoxy) is 1. The van der Waals surface area contributed by atoms with Gasteiger partial charge in [-0.2, -0.15) is 5.10 Å². The molecular weight excluding hydrogens is 412 g/mol. The SMILES string of the molecule is Cn1ccc(CC(=O)/C(=C/C2CCOC2)c2ccc(S(=O)(=O)C3CC3)c(C3CC3)c2)n1. The van der Waals surface area contributed by atoms with E-state index in [-0.39, 0.29) is 29.3 Å². The lowest BCUT2D eigenvalue weighted by molar-refractivity contribution is -0.113. The molecule has 3 aliphatic rings. The van der Waals surface area contributed by atoms with Crippen LogP contribution >= 0.6 is 0 Å². The Labute approximate surface area is 183 Å². The molecule has 0 bridgehead atoms. The van der Waals surface area contributed by atoms with Gasteiger partial charge >= 0.3 is 0 Å². The molecule has 1 saturated heterocycles. The lowest BCUT2D eigenvalue weighted by Gasteiger charge is -2.15. The number of aryl methyl sites for hydroxylation is 1. The first-order valence-corrected chi connectivity index (χ1v) is 12.7. The number of carbonyl (C=O) groups excluding carboxylic acids is 1. The minimum absolute atomic E-state index is 0.00477. The predicted octanol–water partition coefficient (Wildman–Crippen LogP) is 3.47. The summed E-state index contributed by atoms with van der Waals surface area (Å²) in [7, 11) is -1.43. The minimum atomic E-state index is -3.27. The molecule has 1 aromatic heterocycles. The van der Waals surface area contributed by atoms with Crippen LogP contribution in [0.1, 0.15) is 54.8 Å². The van der Waals surface area contributed by atoms with E-state index in [2.05, 4.69) is 5.10 Å². The lowest BCUT2D eigenvalue weighted by Crippen LogP contribution is -2.12. The van der Waals surface area contributed by atoms with Crippen LogP contribution in [0.25, 0.3) is 5.57 Å². The number of Topliss-reactive ketones (excluding diaryl/α,β-unsaturated/α-hetero) is 1. The largest absolute Gasteiger partial charge is 0.381 e. The molecular formula is C24H28N2O4S. The van der Waals surface area contributed by atoms with Crippen LogP contribution in [0.4, 0.5) is 0 Å². The van der Waals surface area contributed by atoms with Crippen LogP contribution < -0.4 is 0 Å². The summed E-state index contributed by atoms with van der Waals surface area (Å²) in [4.78, 5) is 13.8. The summed E-state index contributed by atoms with van der Waals surface area (Å²) in [5.41, 5.74) is 3.09.